The van der Waals surface area contributed by atoms with Gasteiger partial charge in [-0.1, -0.05) is 0 Å². The van der Waals surface area contributed by atoms with Crippen LogP contribution in [0.2, 0.25) is 0 Å². The van der Waals surface area contributed by atoms with Gasteiger partial charge in [0.05, 0.1) is 25.5 Å². The molecule has 0 aliphatic heterocycles. The van der Waals surface area contributed by atoms with Gasteiger partial charge >= 0.3 is 0 Å². The minimum absolute atomic E-state index is 0.0287. The van der Waals surface area contributed by atoms with Crippen molar-refractivity contribution in [2.75, 3.05) is 20.3 Å². The summed E-state index contributed by atoms with van der Waals surface area (Å²) in [6.07, 6.45) is 1.75. The number of aromatic nitrogens is 2. The van der Waals surface area contributed by atoms with E-state index >= 15 is 0 Å². The van der Waals surface area contributed by atoms with Crippen LogP contribution < -0.4 is 5.32 Å². The van der Waals surface area contributed by atoms with Gasteiger partial charge in [-0.3, -0.25) is 5.10 Å². The van der Waals surface area contributed by atoms with E-state index in [-0.39, 0.29) is 12.6 Å². The lowest BCUT2D eigenvalue weighted by Crippen LogP contribution is -2.35. The van der Waals surface area contributed by atoms with Gasteiger partial charge in [-0.25, -0.2) is 0 Å². The molecule has 0 fully saturated rings. The summed E-state index contributed by atoms with van der Waals surface area (Å²) in [5, 5.41) is 19.4. The number of nitrogens with zero attached hydrogens (tertiary/aromatic N) is 1. The number of ether oxygens (including phenoxy) is 1. The number of furan rings is 1. The summed E-state index contributed by atoms with van der Waals surface area (Å²) in [5.74, 6) is 1.62. The molecule has 2 aromatic rings. The summed E-state index contributed by atoms with van der Waals surface area (Å²) in [6, 6.07) is 3.73. The summed E-state index contributed by atoms with van der Waals surface area (Å²) < 4.78 is 10.6. The first-order valence-corrected chi connectivity index (χ1v) is 6.16. The van der Waals surface area contributed by atoms with Gasteiger partial charge in [0, 0.05) is 19.2 Å². The summed E-state index contributed by atoms with van der Waals surface area (Å²) >= 11 is 0. The number of aliphatic hydroxyl groups is 1. The third-order valence-corrected chi connectivity index (χ3v) is 2.87. The molecular weight excluding hydrogens is 246 g/mol. The Kier molecular flexibility index (Phi) is 4.73. The van der Waals surface area contributed by atoms with Crippen LogP contribution in [0.1, 0.15) is 11.3 Å². The minimum Gasteiger partial charge on any atom is -0.460 e. The Morgan fingerprint density at radius 3 is 3.00 bits per heavy atom. The third-order valence-electron chi connectivity index (χ3n) is 2.87. The van der Waals surface area contributed by atoms with Crippen molar-refractivity contribution in [1.82, 2.24) is 15.5 Å². The van der Waals surface area contributed by atoms with Crippen molar-refractivity contribution in [1.29, 1.82) is 0 Å². The number of aryl methyl sites for hydroxylation is 1. The van der Waals surface area contributed by atoms with Crippen LogP contribution in [0.4, 0.5) is 0 Å². The van der Waals surface area contributed by atoms with Gasteiger partial charge < -0.3 is 19.6 Å². The zero-order chi connectivity index (χ0) is 13.7. The van der Waals surface area contributed by atoms with E-state index in [1.54, 1.807) is 13.3 Å². The van der Waals surface area contributed by atoms with Crippen molar-refractivity contribution in [3.05, 3.63) is 29.7 Å². The van der Waals surface area contributed by atoms with Crippen LogP contribution in [0.5, 0.6) is 0 Å². The molecule has 2 aromatic heterocycles. The highest BCUT2D eigenvalue weighted by atomic mass is 16.5. The first kappa shape index (κ1) is 13.8. The summed E-state index contributed by atoms with van der Waals surface area (Å²) in [5.41, 5.74) is 1.85. The SMILES string of the molecule is COCC(CO)NCc1cn[nH]c1-c1ccc(C)o1. The number of aliphatic hydroxyl groups excluding tert-OH is 1. The Hall–Kier alpha value is -1.63. The normalized spacial score (nSPS) is 12.8. The molecule has 104 valence electrons. The number of H-pyrrole nitrogens is 1. The number of aromatic amines is 1. The highest BCUT2D eigenvalue weighted by Gasteiger charge is 2.13. The molecule has 0 aliphatic rings. The molecule has 19 heavy (non-hydrogen) atoms. The fraction of sp³-hybridized carbons (Fsp3) is 0.462. The Bertz CT molecular complexity index is 507. The highest BCUT2D eigenvalue weighted by Crippen LogP contribution is 2.23. The molecule has 1 unspecified atom stereocenters. The van der Waals surface area contributed by atoms with Gasteiger partial charge in [0.2, 0.25) is 0 Å². The van der Waals surface area contributed by atoms with E-state index in [1.165, 1.54) is 0 Å². The largest absolute Gasteiger partial charge is 0.460 e. The number of rotatable bonds is 7. The second kappa shape index (κ2) is 6.51. The number of hydrogen-bond acceptors (Lipinski definition) is 5. The van der Waals surface area contributed by atoms with E-state index < -0.39 is 0 Å². The van der Waals surface area contributed by atoms with Crippen molar-refractivity contribution < 1.29 is 14.3 Å². The van der Waals surface area contributed by atoms with Gasteiger partial charge in [0.1, 0.15) is 11.5 Å². The Morgan fingerprint density at radius 1 is 1.53 bits per heavy atom. The maximum atomic E-state index is 9.19. The molecule has 6 heteroatoms. The van der Waals surface area contributed by atoms with Crippen LogP contribution >= 0.6 is 0 Å². The molecule has 6 nitrogen and oxygen atoms in total. The smallest absolute Gasteiger partial charge is 0.152 e. The Balaban J connectivity index is 2.04. The molecule has 0 radical (unpaired) electrons. The predicted molar refractivity (Wildman–Crippen MR) is 70.6 cm³/mol. The molecule has 1 atom stereocenters. The van der Waals surface area contributed by atoms with Crippen LogP contribution in [0.15, 0.2) is 22.7 Å². The second-order valence-electron chi connectivity index (χ2n) is 4.40. The molecule has 0 saturated heterocycles. The Morgan fingerprint density at radius 2 is 2.37 bits per heavy atom. The average molecular weight is 265 g/mol. The molecule has 0 bridgehead atoms. The summed E-state index contributed by atoms with van der Waals surface area (Å²) in [6.45, 7) is 2.97. The maximum absolute atomic E-state index is 9.19. The standard InChI is InChI=1S/C13H19N3O3/c1-9-3-4-12(19-9)13-10(6-15-16-13)5-14-11(7-17)8-18-2/h3-4,6,11,14,17H,5,7-8H2,1-2H3,(H,15,16). The quantitative estimate of drug-likeness (QED) is 0.697. The topological polar surface area (TPSA) is 83.3 Å². The summed E-state index contributed by atoms with van der Waals surface area (Å²) in [4.78, 5) is 0. The number of hydrogen-bond donors (Lipinski definition) is 3. The lowest BCUT2D eigenvalue weighted by Gasteiger charge is -2.14. The molecule has 0 amide bonds. The first-order chi connectivity index (χ1) is 9.24. The fourth-order valence-corrected chi connectivity index (χ4v) is 1.86. The van der Waals surface area contributed by atoms with E-state index in [0.29, 0.717) is 13.2 Å². The van der Waals surface area contributed by atoms with Crippen molar-refractivity contribution in [2.45, 2.75) is 19.5 Å². The van der Waals surface area contributed by atoms with E-state index in [4.69, 9.17) is 9.15 Å². The zero-order valence-corrected chi connectivity index (χ0v) is 11.1. The molecule has 2 heterocycles. The van der Waals surface area contributed by atoms with Gasteiger partial charge in [-0.05, 0) is 19.1 Å². The second-order valence-corrected chi connectivity index (χ2v) is 4.40. The van der Waals surface area contributed by atoms with Gasteiger partial charge in [-0.2, -0.15) is 5.10 Å². The van der Waals surface area contributed by atoms with E-state index in [0.717, 1.165) is 22.8 Å². The van der Waals surface area contributed by atoms with Crippen LogP contribution in [-0.4, -0.2) is 41.7 Å². The molecule has 3 N–H and O–H groups in total. The van der Waals surface area contributed by atoms with Crippen molar-refractivity contribution in [3.8, 4) is 11.5 Å². The molecule has 2 rings (SSSR count). The zero-order valence-electron chi connectivity index (χ0n) is 11.1. The maximum Gasteiger partial charge on any atom is 0.152 e. The Labute approximate surface area is 111 Å². The van der Waals surface area contributed by atoms with E-state index in [2.05, 4.69) is 15.5 Å². The first-order valence-electron chi connectivity index (χ1n) is 6.16. The fourth-order valence-electron chi connectivity index (χ4n) is 1.86. The van der Waals surface area contributed by atoms with Crippen molar-refractivity contribution in [3.63, 3.8) is 0 Å². The van der Waals surface area contributed by atoms with Crippen LogP contribution in [0.3, 0.4) is 0 Å². The average Bonchev–Trinajstić information content (AvgIpc) is 3.02. The molecule has 0 saturated carbocycles. The number of methoxy groups -OCH3 is 1. The monoisotopic (exact) mass is 265 g/mol. The van der Waals surface area contributed by atoms with Gasteiger partial charge in [0.25, 0.3) is 0 Å². The highest BCUT2D eigenvalue weighted by molar-refractivity contribution is 5.56. The molecule has 0 aliphatic carbocycles. The van der Waals surface area contributed by atoms with E-state index in [9.17, 15) is 5.11 Å². The van der Waals surface area contributed by atoms with Gasteiger partial charge in [0.15, 0.2) is 5.76 Å². The molecular formula is C13H19N3O3. The third kappa shape index (κ3) is 3.44. The predicted octanol–water partition coefficient (Wildman–Crippen LogP) is 1.08. The molecule has 0 spiro atoms. The van der Waals surface area contributed by atoms with Crippen LogP contribution in [-0.2, 0) is 11.3 Å². The van der Waals surface area contributed by atoms with Crippen LogP contribution in [0.25, 0.3) is 11.5 Å². The lowest BCUT2D eigenvalue weighted by molar-refractivity contribution is 0.128. The van der Waals surface area contributed by atoms with Gasteiger partial charge in [-0.15, -0.1) is 0 Å². The lowest BCUT2D eigenvalue weighted by atomic mass is 10.2. The summed E-state index contributed by atoms with van der Waals surface area (Å²) in [7, 11) is 1.61. The van der Waals surface area contributed by atoms with E-state index in [1.807, 2.05) is 19.1 Å². The van der Waals surface area contributed by atoms with Crippen LogP contribution in [0, 0.1) is 6.92 Å². The van der Waals surface area contributed by atoms with Crippen molar-refractivity contribution in [2.24, 2.45) is 0 Å². The molecule has 0 aromatic carbocycles. The van der Waals surface area contributed by atoms with Crippen molar-refractivity contribution >= 4 is 0 Å². The number of nitrogens with one attached hydrogen (secondary N) is 2. The minimum atomic E-state index is -0.0916.